The number of carbonyl (C=O) groups is 1. The Balaban J connectivity index is 1.71. The molecule has 0 atom stereocenters. The summed E-state index contributed by atoms with van der Waals surface area (Å²) < 4.78 is 13.7. The van der Waals surface area contributed by atoms with Crippen molar-refractivity contribution in [1.82, 2.24) is 14.0 Å². The molecule has 9 heteroatoms. The highest BCUT2D eigenvalue weighted by molar-refractivity contribution is 7.17. The Bertz CT molecular complexity index is 1210. The lowest BCUT2D eigenvalue weighted by Crippen LogP contribution is -2.42. The van der Waals surface area contributed by atoms with Crippen LogP contribution in [0.2, 0.25) is 0 Å². The average Bonchev–Trinajstić information content (AvgIpc) is 3.41. The molecule has 0 radical (unpaired) electrons. The number of rotatable bonds is 7. The maximum atomic E-state index is 13.2. The first-order valence-corrected chi connectivity index (χ1v) is 10.7. The predicted octanol–water partition coefficient (Wildman–Crippen LogP) is 2.26. The Morgan fingerprint density at radius 2 is 1.97 bits per heavy atom. The summed E-state index contributed by atoms with van der Waals surface area (Å²) >= 11 is 1.27. The molecule has 30 heavy (non-hydrogen) atoms. The van der Waals surface area contributed by atoms with Crippen LogP contribution in [0.4, 0.5) is 0 Å². The van der Waals surface area contributed by atoms with E-state index in [9.17, 15) is 14.4 Å². The van der Waals surface area contributed by atoms with Crippen molar-refractivity contribution in [3.63, 3.8) is 0 Å². The second kappa shape index (κ2) is 8.35. The van der Waals surface area contributed by atoms with Crippen LogP contribution < -0.4 is 20.7 Å². The van der Waals surface area contributed by atoms with Crippen LogP contribution >= 0.6 is 11.3 Å². The van der Waals surface area contributed by atoms with Crippen molar-refractivity contribution in [2.24, 2.45) is 0 Å². The number of unbranched alkanes of at least 4 members (excludes halogenated alkanes) is 1. The number of thiophene rings is 1. The molecule has 0 N–H and O–H groups in total. The van der Waals surface area contributed by atoms with Crippen LogP contribution in [-0.4, -0.2) is 40.3 Å². The predicted molar refractivity (Wildman–Crippen MR) is 115 cm³/mol. The van der Waals surface area contributed by atoms with E-state index >= 15 is 0 Å². The summed E-state index contributed by atoms with van der Waals surface area (Å²) in [5.74, 6) is 1.06. The maximum absolute atomic E-state index is 13.2. The van der Waals surface area contributed by atoms with Crippen molar-refractivity contribution in [1.29, 1.82) is 0 Å². The zero-order valence-corrected chi connectivity index (χ0v) is 17.7. The van der Waals surface area contributed by atoms with Crippen molar-refractivity contribution < 1.29 is 14.3 Å². The van der Waals surface area contributed by atoms with E-state index in [-0.39, 0.29) is 31.3 Å². The van der Waals surface area contributed by atoms with Crippen molar-refractivity contribution >= 4 is 27.5 Å². The van der Waals surface area contributed by atoms with Gasteiger partial charge in [0.15, 0.2) is 11.5 Å². The standard InChI is InChI=1S/C21H23N3O5S/c1-3-4-8-22(2)18(25)12-23-15-7-9-30-19(15)20(26)24(21(23)27)11-14-5-6-16-17(10-14)29-13-28-16/h5-7,9-10H,3-4,8,11-13H2,1-2H3. The fourth-order valence-corrected chi connectivity index (χ4v) is 4.27. The normalized spacial score (nSPS) is 12.5. The number of benzene rings is 1. The monoisotopic (exact) mass is 429 g/mol. The number of ether oxygens (including phenoxy) is 2. The summed E-state index contributed by atoms with van der Waals surface area (Å²) in [5, 5.41) is 1.76. The average molecular weight is 429 g/mol. The van der Waals surface area contributed by atoms with Gasteiger partial charge in [0.1, 0.15) is 11.2 Å². The molecule has 1 aliphatic heterocycles. The van der Waals surface area contributed by atoms with Crippen molar-refractivity contribution in [2.75, 3.05) is 20.4 Å². The number of likely N-dealkylation sites (N-methyl/N-ethyl adjacent to an activating group) is 1. The van der Waals surface area contributed by atoms with Gasteiger partial charge in [-0.3, -0.25) is 18.7 Å². The molecule has 0 aliphatic carbocycles. The summed E-state index contributed by atoms with van der Waals surface area (Å²) in [6, 6.07) is 7.04. The van der Waals surface area contributed by atoms with Gasteiger partial charge in [-0.25, -0.2) is 4.79 Å². The lowest BCUT2D eigenvalue weighted by Gasteiger charge is -2.18. The minimum atomic E-state index is -0.499. The molecule has 1 aliphatic rings. The van der Waals surface area contributed by atoms with Gasteiger partial charge in [0.05, 0.1) is 12.1 Å². The first-order chi connectivity index (χ1) is 14.5. The van der Waals surface area contributed by atoms with Crippen LogP contribution in [0.5, 0.6) is 11.5 Å². The Morgan fingerprint density at radius 1 is 1.17 bits per heavy atom. The third kappa shape index (κ3) is 3.72. The highest BCUT2D eigenvalue weighted by Crippen LogP contribution is 2.32. The Morgan fingerprint density at radius 3 is 2.77 bits per heavy atom. The van der Waals surface area contributed by atoms with Crippen molar-refractivity contribution in [2.45, 2.75) is 32.9 Å². The maximum Gasteiger partial charge on any atom is 0.332 e. The van der Waals surface area contributed by atoms with Crippen LogP contribution in [0, 0.1) is 0 Å². The van der Waals surface area contributed by atoms with Crippen LogP contribution in [0.25, 0.3) is 10.2 Å². The number of hydrogen-bond donors (Lipinski definition) is 0. The molecule has 1 amide bonds. The Labute approximate surface area is 176 Å². The number of hydrogen-bond acceptors (Lipinski definition) is 6. The van der Waals surface area contributed by atoms with E-state index in [0.717, 1.165) is 18.4 Å². The second-order valence-corrected chi connectivity index (χ2v) is 8.17. The highest BCUT2D eigenvalue weighted by Gasteiger charge is 2.19. The van der Waals surface area contributed by atoms with E-state index in [1.54, 1.807) is 41.6 Å². The van der Waals surface area contributed by atoms with Gasteiger partial charge in [0.2, 0.25) is 12.7 Å². The molecule has 8 nitrogen and oxygen atoms in total. The molecule has 0 fully saturated rings. The third-order valence-corrected chi connectivity index (χ3v) is 6.07. The quantitative estimate of drug-likeness (QED) is 0.575. The van der Waals surface area contributed by atoms with E-state index in [1.807, 2.05) is 0 Å². The zero-order valence-electron chi connectivity index (χ0n) is 16.9. The summed E-state index contributed by atoms with van der Waals surface area (Å²) in [7, 11) is 1.73. The molecule has 0 saturated heterocycles. The van der Waals surface area contributed by atoms with Gasteiger partial charge < -0.3 is 14.4 Å². The fraction of sp³-hybridized carbons (Fsp3) is 0.381. The van der Waals surface area contributed by atoms with Gasteiger partial charge in [-0.2, -0.15) is 0 Å². The van der Waals surface area contributed by atoms with Crippen LogP contribution in [-0.2, 0) is 17.9 Å². The summed E-state index contributed by atoms with van der Waals surface area (Å²) in [6.45, 7) is 2.83. The number of fused-ring (bicyclic) bond motifs is 2. The first kappa shape index (κ1) is 20.2. The molecule has 4 rings (SSSR count). The molecule has 2 aromatic heterocycles. The molecule has 0 bridgehead atoms. The summed E-state index contributed by atoms with van der Waals surface area (Å²) in [5.41, 5.74) is 0.382. The highest BCUT2D eigenvalue weighted by atomic mass is 32.1. The largest absolute Gasteiger partial charge is 0.454 e. The molecule has 1 aromatic carbocycles. The van der Waals surface area contributed by atoms with Gasteiger partial charge in [-0.1, -0.05) is 19.4 Å². The smallest absolute Gasteiger partial charge is 0.332 e. The van der Waals surface area contributed by atoms with Crippen molar-refractivity contribution in [3.8, 4) is 11.5 Å². The molecule has 3 aromatic rings. The van der Waals surface area contributed by atoms with E-state index in [4.69, 9.17) is 9.47 Å². The fourth-order valence-electron chi connectivity index (χ4n) is 3.42. The zero-order chi connectivity index (χ0) is 21.3. The minimum absolute atomic E-state index is 0.0853. The first-order valence-electron chi connectivity index (χ1n) is 9.83. The summed E-state index contributed by atoms with van der Waals surface area (Å²) in [6.07, 6.45) is 1.88. The topological polar surface area (TPSA) is 82.8 Å². The van der Waals surface area contributed by atoms with Crippen LogP contribution in [0.1, 0.15) is 25.3 Å². The van der Waals surface area contributed by atoms with E-state index in [0.29, 0.717) is 28.3 Å². The van der Waals surface area contributed by atoms with Gasteiger partial charge in [0, 0.05) is 13.6 Å². The van der Waals surface area contributed by atoms with Gasteiger partial charge in [-0.05, 0) is 35.6 Å². The Kier molecular flexibility index (Phi) is 5.63. The lowest BCUT2D eigenvalue weighted by atomic mass is 10.2. The molecule has 0 unspecified atom stereocenters. The number of nitrogens with zero attached hydrogens (tertiary/aromatic N) is 3. The van der Waals surface area contributed by atoms with E-state index in [1.165, 1.54) is 20.5 Å². The molecule has 158 valence electrons. The number of aromatic nitrogens is 2. The van der Waals surface area contributed by atoms with Crippen molar-refractivity contribution in [3.05, 3.63) is 56.0 Å². The SMILES string of the molecule is CCCCN(C)C(=O)Cn1c(=O)n(Cc2ccc3c(c2)OCO3)c(=O)c2sccc21. The molecule has 3 heterocycles. The summed E-state index contributed by atoms with van der Waals surface area (Å²) in [4.78, 5) is 40.5. The molecular weight excluding hydrogens is 406 g/mol. The molecule has 0 spiro atoms. The van der Waals surface area contributed by atoms with Crippen LogP contribution in [0.15, 0.2) is 39.2 Å². The molecular formula is C21H23N3O5S. The number of amides is 1. The van der Waals surface area contributed by atoms with Gasteiger partial charge in [0.25, 0.3) is 5.56 Å². The van der Waals surface area contributed by atoms with E-state index in [2.05, 4.69) is 6.92 Å². The molecule has 0 saturated carbocycles. The van der Waals surface area contributed by atoms with E-state index < -0.39 is 5.69 Å². The number of carbonyl (C=O) groups excluding carboxylic acids is 1. The van der Waals surface area contributed by atoms with Gasteiger partial charge >= 0.3 is 5.69 Å². The minimum Gasteiger partial charge on any atom is -0.454 e. The lowest BCUT2D eigenvalue weighted by molar-refractivity contribution is -0.130. The second-order valence-electron chi connectivity index (χ2n) is 7.25. The third-order valence-electron chi connectivity index (χ3n) is 5.18. The van der Waals surface area contributed by atoms with Gasteiger partial charge in [-0.15, -0.1) is 11.3 Å². The van der Waals surface area contributed by atoms with Crippen LogP contribution in [0.3, 0.4) is 0 Å². The Hall–Kier alpha value is -3.07.